The lowest BCUT2D eigenvalue weighted by Crippen LogP contribution is -2.22. The van der Waals surface area contributed by atoms with Gasteiger partial charge in [-0.05, 0) is 80.6 Å². The van der Waals surface area contributed by atoms with Crippen LogP contribution in [0, 0.1) is 0 Å². The molecule has 0 unspecified atom stereocenters. The average Bonchev–Trinajstić information content (AvgIpc) is 3.02. The Kier molecular flexibility index (Phi) is 13.5. The van der Waals surface area contributed by atoms with Crippen LogP contribution in [0.5, 0.6) is 5.75 Å². The van der Waals surface area contributed by atoms with E-state index in [0.717, 1.165) is 67.0 Å². The number of hydrogen-bond donors (Lipinski definition) is 3. The second-order valence-electron chi connectivity index (χ2n) is 8.18. The molecule has 0 saturated carbocycles. The first-order chi connectivity index (χ1) is 18.3. The molecule has 0 atom stereocenters. The number of carbonyl (C=O) groups is 3. The summed E-state index contributed by atoms with van der Waals surface area (Å²) in [7, 11) is 0. The fraction of sp³-hybridized carbons (Fsp3) is 0.321. The zero-order valence-electron chi connectivity index (χ0n) is 21.3. The van der Waals surface area contributed by atoms with Gasteiger partial charge in [-0.2, -0.15) is 0 Å². The minimum Gasteiger partial charge on any atom is -0.508 e. The van der Waals surface area contributed by atoms with Gasteiger partial charge in [-0.1, -0.05) is 23.7 Å². The maximum atomic E-state index is 11.3. The Morgan fingerprint density at radius 1 is 1.08 bits per heavy atom. The first-order valence-electron chi connectivity index (χ1n) is 12.3. The summed E-state index contributed by atoms with van der Waals surface area (Å²) < 4.78 is 8.76. The number of aryl methyl sites for hydroxylation is 2. The van der Waals surface area contributed by atoms with E-state index in [-0.39, 0.29) is 12.4 Å². The van der Waals surface area contributed by atoms with Gasteiger partial charge in [0, 0.05) is 35.6 Å². The van der Waals surface area contributed by atoms with E-state index < -0.39 is 5.97 Å². The molecule has 0 bridgehead atoms. The number of hydrogen-bond acceptors (Lipinski definition) is 8. The molecule has 10 heteroatoms. The van der Waals surface area contributed by atoms with Gasteiger partial charge < -0.3 is 29.9 Å². The third-order valence-corrected chi connectivity index (χ3v) is 5.72. The van der Waals surface area contributed by atoms with Crippen LogP contribution in [0.1, 0.15) is 30.9 Å². The summed E-state index contributed by atoms with van der Waals surface area (Å²) in [5.74, 6) is -1.15. The third kappa shape index (κ3) is 10.7. The summed E-state index contributed by atoms with van der Waals surface area (Å²) in [6.45, 7) is 4.70. The Balaban J connectivity index is 0.000000550. The van der Waals surface area contributed by atoms with E-state index in [2.05, 4.69) is 21.0 Å². The number of nitrogens with one attached hydrogen (secondary N) is 1. The van der Waals surface area contributed by atoms with Crippen LogP contribution in [-0.2, 0) is 36.7 Å². The topological polar surface area (TPSA) is 125 Å². The highest BCUT2D eigenvalue weighted by Gasteiger charge is 2.21. The predicted molar refractivity (Wildman–Crippen MR) is 146 cm³/mol. The van der Waals surface area contributed by atoms with E-state index in [1.807, 2.05) is 24.3 Å². The maximum absolute atomic E-state index is 11.3. The minimum absolute atomic E-state index is 0.138. The van der Waals surface area contributed by atoms with E-state index in [1.54, 1.807) is 19.1 Å². The number of esters is 1. The zero-order chi connectivity index (χ0) is 27.8. The van der Waals surface area contributed by atoms with Gasteiger partial charge in [-0.25, -0.2) is 9.59 Å². The molecule has 1 aliphatic heterocycles. The minimum atomic E-state index is -1.15. The number of aliphatic carboxylic acids is 1. The lowest BCUT2D eigenvalue weighted by molar-refractivity contribution is -0.137. The molecule has 0 saturated heterocycles. The van der Waals surface area contributed by atoms with E-state index >= 15 is 0 Å². The van der Waals surface area contributed by atoms with Gasteiger partial charge in [0.05, 0.1) is 12.7 Å². The molecule has 3 rings (SSSR count). The number of carbonyl (C=O) groups excluding carboxylic acids is 2. The number of aromatic hydroxyl groups is 1. The van der Waals surface area contributed by atoms with Crippen molar-refractivity contribution in [2.45, 2.75) is 32.6 Å². The van der Waals surface area contributed by atoms with Crippen molar-refractivity contribution in [2.24, 2.45) is 0 Å². The van der Waals surface area contributed by atoms with Crippen LogP contribution in [-0.4, -0.2) is 54.9 Å². The van der Waals surface area contributed by atoms with Crippen molar-refractivity contribution in [3.05, 3.63) is 77.0 Å². The number of ether oxygens (including phenoxy) is 2. The van der Waals surface area contributed by atoms with Gasteiger partial charge in [-0.15, -0.1) is 0 Å². The van der Waals surface area contributed by atoms with Gasteiger partial charge in [0.1, 0.15) is 12.0 Å². The number of halogens is 1. The van der Waals surface area contributed by atoms with Gasteiger partial charge in [0.15, 0.2) is 0 Å². The molecular formula is C28H33ClN2O7. The van der Waals surface area contributed by atoms with Gasteiger partial charge >= 0.3 is 11.9 Å². The van der Waals surface area contributed by atoms with Gasteiger partial charge in [-0.3, -0.25) is 4.79 Å². The second kappa shape index (κ2) is 16.8. The molecule has 1 heterocycles. The predicted octanol–water partition coefficient (Wildman–Crippen LogP) is 4.53. The van der Waals surface area contributed by atoms with E-state index in [9.17, 15) is 19.5 Å². The quantitative estimate of drug-likeness (QED) is 0.116. The summed E-state index contributed by atoms with van der Waals surface area (Å²) in [6.07, 6.45) is 8.57. The molecule has 0 amide bonds. The molecule has 2 aromatic carbocycles. The number of benzene rings is 2. The molecule has 9 nitrogen and oxygen atoms in total. The molecule has 0 aliphatic carbocycles. The van der Waals surface area contributed by atoms with Crippen LogP contribution in [0.4, 0.5) is 11.4 Å². The molecular weight excluding hydrogens is 512 g/mol. The number of anilines is 2. The summed E-state index contributed by atoms with van der Waals surface area (Å²) in [5.41, 5.74) is 4.72. The summed E-state index contributed by atoms with van der Waals surface area (Å²) in [5, 5.41) is 21.8. The average molecular weight is 545 g/mol. The van der Waals surface area contributed by atoms with Crippen LogP contribution < -0.4 is 10.2 Å². The zero-order valence-corrected chi connectivity index (χ0v) is 22.0. The first-order valence-corrected chi connectivity index (χ1v) is 12.6. The molecule has 1 aliphatic rings. The molecule has 2 aromatic rings. The van der Waals surface area contributed by atoms with E-state index in [0.29, 0.717) is 25.0 Å². The number of carboxylic acid groups (broad SMARTS) is 1. The van der Waals surface area contributed by atoms with Gasteiger partial charge in [0.25, 0.3) is 6.47 Å². The Morgan fingerprint density at radius 2 is 1.87 bits per heavy atom. The molecule has 0 radical (unpaired) electrons. The van der Waals surface area contributed by atoms with E-state index in [4.69, 9.17) is 21.4 Å². The molecule has 38 heavy (non-hydrogen) atoms. The summed E-state index contributed by atoms with van der Waals surface area (Å²) >= 11 is 6.31. The molecule has 0 aromatic heterocycles. The van der Waals surface area contributed by atoms with Crippen LogP contribution >= 0.6 is 11.6 Å². The Bertz CT molecular complexity index is 1130. The Morgan fingerprint density at radius 3 is 2.61 bits per heavy atom. The Labute approximate surface area is 227 Å². The van der Waals surface area contributed by atoms with Crippen molar-refractivity contribution in [2.75, 3.05) is 31.1 Å². The van der Waals surface area contributed by atoms with Crippen molar-refractivity contribution >= 4 is 41.4 Å². The van der Waals surface area contributed by atoms with Crippen LogP contribution in [0.15, 0.2) is 60.9 Å². The summed E-state index contributed by atoms with van der Waals surface area (Å²) in [6, 6.07) is 11.7. The number of phenolic OH excluding ortho intramolecular Hbond substituents is 1. The SMILES string of the molecule is CCOC(=O)/C=C/CNCCCCN1c2ccc(O)cc2CCc2ccc(Cl)cc21.O=CO/C=C\C(=O)O. The van der Waals surface area contributed by atoms with Crippen LogP contribution in [0.2, 0.25) is 5.02 Å². The monoisotopic (exact) mass is 544 g/mol. The number of phenols is 1. The Hall–Kier alpha value is -3.82. The first kappa shape index (κ1) is 30.4. The van der Waals surface area contributed by atoms with Crippen molar-refractivity contribution < 1.29 is 34.1 Å². The molecule has 0 fully saturated rings. The fourth-order valence-electron chi connectivity index (χ4n) is 3.86. The largest absolute Gasteiger partial charge is 0.508 e. The normalized spacial score (nSPS) is 12.2. The lowest BCUT2D eigenvalue weighted by Gasteiger charge is -2.27. The highest BCUT2D eigenvalue weighted by atomic mass is 35.5. The van der Waals surface area contributed by atoms with Crippen molar-refractivity contribution in [1.29, 1.82) is 0 Å². The van der Waals surface area contributed by atoms with Crippen LogP contribution in [0.3, 0.4) is 0 Å². The molecule has 0 spiro atoms. The highest BCUT2D eigenvalue weighted by molar-refractivity contribution is 6.30. The van der Waals surface area contributed by atoms with Crippen molar-refractivity contribution in [3.8, 4) is 5.75 Å². The number of nitrogens with zero attached hydrogens (tertiary/aromatic N) is 1. The maximum Gasteiger partial charge on any atom is 0.331 e. The number of rotatable bonds is 12. The second-order valence-corrected chi connectivity index (χ2v) is 8.61. The fourth-order valence-corrected chi connectivity index (χ4v) is 4.02. The molecule has 3 N–H and O–H groups in total. The number of carboxylic acids is 1. The number of fused-ring (bicyclic) bond motifs is 2. The smallest absolute Gasteiger partial charge is 0.331 e. The summed E-state index contributed by atoms with van der Waals surface area (Å²) in [4.78, 5) is 32.5. The lowest BCUT2D eigenvalue weighted by atomic mass is 10.0. The third-order valence-electron chi connectivity index (χ3n) is 5.49. The number of unbranched alkanes of at least 4 members (excludes halogenated alkanes) is 1. The van der Waals surface area contributed by atoms with E-state index in [1.165, 1.54) is 11.6 Å². The van der Waals surface area contributed by atoms with Gasteiger partial charge in [0.2, 0.25) is 0 Å². The standard InChI is InChI=1S/C24H29ClN2O3.C4H4O4/c1-2-30-24(29)6-5-14-26-13-3-4-15-27-22-12-11-21(28)16-19(22)8-7-18-9-10-20(25)17-23(18)27;5-3-8-2-1-4(6)7/h5-6,9-12,16-17,26,28H,2-4,7-8,13-15H2,1H3;1-3H,(H,6,7)/b6-5+;2-1-. The van der Waals surface area contributed by atoms with Crippen molar-refractivity contribution in [3.63, 3.8) is 0 Å². The van der Waals surface area contributed by atoms with Crippen LogP contribution in [0.25, 0.3) is 0 Å². The van der Waals surface area contributed by atoms with Crippen molar-refractivity contribution in [1.82, 2.24) is 5.32 Å². The molecule has 204 valence electrons. The highest BCUT2D eigenvalue weighted by Crippen LogP contribution is 2.38.